The number of rotatable bonds is 11. The molecule has 0 aliphatic rings. The number of hydrogen-bond donors (Lipinski definition) is 6. The average Bonchev–Trinajstić information content (AvgIpc) is 2.63. The van der Waals surface area contributed by atoms with E-state index in [0.717, 1.165) is 5.56 Å². The van der Waals surface area contributed by atoms with E-state index in [1.165, 1.54) is 0 Å². The molecule has 0 aliphatic heterocycles. The predicted molar refractivity (Wildman–Crippen MR) is 102 cm³/mol. The van der Waals surface area contributed by atoms with E-state index in [1.807, 2.05) is 30.3 Å². The Balaban J connectivity index is 2.39. The summed E-state index contributed by atoms with van der Waals surface area (Å²) in [6.45, 7) is 0.0581. The fraction of sp³-hybridized carbons (Fsp3) is 0.412. The van der Waals surface area contributed by atoms with Gasteiger partial charge in [-0.15, -0.1) is 0 Å². The van der Waals surface area contributed by atoms with Gasteiger partial charge in [-0.25, -0.2) is 0 Å². The van der Waals surface area contributed by atoms with Crippen molar-refractivity contribution in [2.24, 2.45) is 27.9 Å². The minimum Gasteiger partial charge on any atom is -0.370 e. The van der Waals surface area contributed by atoms with Crippen LogP contribution in [0.25, 0.3) is 0 Å². The summed E-state index contributed by atoms with van der Waals surface area (Å²) in [5.41, 5.74) is 22.3. The fourth-order valence-electron chi connectivity index (χ4n) is 2.27. The van der Waals surface area contributed by atoms with Crippen LogP contribution in [-0.2, 0) is 20.8 Å². The normalized spacial score (nSPS) is 12.5. The van der Waals surface area contributed by atoms with Gasteiger partial charge in [-0.05, 0) is 18.4 Å². The zero-order valence-electron chi connectivity index (χ0n) is 15.1. The molecular weight excluding hydrogens is 350 g/mol. The largest absolute Gasteiger partial charge is 0.370 e. The third-order valence-electron chi connectivity index (χ3n) is 3.69. The van der Waals surface area contributed by atoms with Crippen molar-refractivity contribution in [1.82, 2.24) is 10.6 Å². The van der Waals surface area contributed by atoms with Crippen molar-refractivity contribution < 1.29 is 14.4 Å². The summed E-state index contributed by atoms with van der Waals surface area (Å²) in [5.74, 6) is -1.69. The number of benzene rings is 1. The number of amides is 3. The molecule has 0 aliphatic carbocycles. The van der Waals surface area contributed by atoms with E-state index >= 15 is 0 Å². The van der Waals surface area contributed by atoms with Gasteiger partial charge < -0.3 is 33.6 Å². The molecule has 10 nitrogen and oxygen atoms in total. The lowest BCUT2D eigenvalue weighted by Gasteiger charge is -2.16. The molecule has 3 amide bonds. The molecule has 0 saturated carbocycles. The molecule has 0 heterocycles. The maximum absolute atomic E-state index is 12.0. The zero-order chi connectivity index (χ0) is 20.2. The first-order chi connectivity index (χ1) is 12.8. The highest BCUT2D eigenvalue weighted by Gasteiger charge is 2.20. The predicted octanol–water partition coefficient (Wildman–Crippen LogP) is -2.30. The highest BCUT2D eigenvalue weighted by atomic mass is 16.2. The lowest BCUT2D eigenvalue weighted by Crippen LogP contribution is -2.50. The highest BCUT2D eigenvalue weighted by Crippen LogP contribution is 2.03. The number of nitrogens with zero attached hydrogens (tertiary/aromatic N) is 1. The van der Waals surface area contributed by atoms with Crippen LogP contribution >= 0.6 is 0 Å². The molecule has 10 N–H and O–H groups in total. The van der Waals surface area contributed by atoms with Gasteiger partial charge in [0, 0.05) is 13.0 Å². The third-order valence-corrected chi connectivity index (χ3v) is 3.69. The van der Waals surface area contributed by atoms with Crippen molar-refractivity contribution in [3.63, 3.8) is 0 Å². The SMILES string of the molecule is NC(=O)C(Cc1ccccc1)NC(=O)CNC(=O)C(N)CCCN=C(N)N. The molecule has 0 radical (unpaired) electrons. The summed E-state index contributed by atoms with van der Waals surface area (Å²) in [6, 6.07) is 7.48. The van der Waals surface area contributed by atoms with Crippen LogP contribution in [0, 0.1) is 0 Å². The molecule has 1 rings (SSSR count). The van der Waals surface area contributed by atoms with Crippen LogP contribution in [0.5, 0.6) is 0 Å². The monoisotopic (exact) mass is 377 g/mol. The Morgan fingerprint density at radius 2 is 1.74 bits per heavy atom. The van der Waals surface area contributed by atoms with Crippen molar-refractivity contribution in [2.75, 3.05) is 13.1 Å². The molecule has 0 fully saturated rings. The second kappa shape index (κ2) is 11.5. The maximum Gasteiger partial charge on any atom is 0.240 e. The van der Waals surface area contributed by atoms with Gasteiger partial charge in [0.25, 0.3) is 0 Å². The Morgan fingerprint density at radius 3 is 2.33 bits per heavy atom. The van der Waals surface area contributed by atoms with E-state index in [4.69, 9.17) is 22.9 Å². The summed E-state index contributed by atoms with van der Waals surface area (Å²) in [4.78, 5) is 39.2. The van der Waals surface area contributed by atoms with Crippen molar-refractivity contribution in [3.8, 4) is 0 Å². The van der Waals surface area contributed by atoms with Crippen molar-refractivity contribution in [3.05, 3.63) is 35.9 Å². The number of nitrogens with two attached hydrogens (primary N) is 4. The highest BCUT2D eigenvalue weighted by molar-refractivity contribution is 5.90. The lowest BCUT2D eigenvalue weighted by molar-refractivity contribution is -0.129. The number of guanidine groups is 1. The standard InChI is InChI=1S/C17H27N7O3/c18-12(7-4-8-22-17(20)21)16(27)23-10-14(25)24-13(15(19)26)9-11-5-2-1-3-6-11/h1-3,5-6,12-13H,4,7-10,18H2,(H2,19,26)(H,23,27)(H,24,25)(H4,20,21,22). The summed E-state index contributed by atoms with van der Waals surface area (Å²) < 4.78 is 0. The molecule has 2 atom stereocenters. The minimum atomic E-state index is -0.870. The molecule has 1 aromatic carbocycles. The smallest absolute Gasteiger partial charge is 0.240 e. The first kappa shape index (κ1) is 21.9. The van der Waals surface area contributed by atoms with Gasteiger partial charge in [0.1, 0.15) is 6.04 Å². The van der Waals surface area contributed by atoms with E-state index in [9.17, 15) is 14.4 Å². The molecule has 10 heteroatoms. The molecule has 148 valence electrons. The quantitative estimate of drug-likeness (QED) is 0.143. The van der Waals surface area contributed by atoms with Gasteiger partial charge in [0.15, 0.2) is 5.96 Å². The van der Waals surface area contributed by atoms with Gasteiger partial charge in [-0.1, -0.05) is 30.3 Å². The molecule has 0 bridgehead atoms. The molecule has 27 heavy (non-hydrogen) atoms. The molecule has 0 saturated heterocycles. The lowest BCUT2D eigenvalue weighted by atomic mass is 10.1. The van der Waals surface area contributed by atoms with Crippen LogP contribution < -0.4 is 33.6 Å². The molecular formula is C17H27N7O3. The Morgan fingerprint density at radius 1 is 1.07 bits per heavy atom. The van der Waals surface area contributed by atoms with Crippen LogP contribution in [0.15, 0.2) is 35.3 Å². The van der Waals surface area contributed by atoms with Gasteiger partial charge in [-0.2, -0.15) is 0 Å². The third kappa shape index (κ3) is 9.21. The van der Waals surface area contributed by atoms with Crippen molar-refractivity contribution in [2.45, 2.75) is 31.3 Å². The van der Waals surface area contributed by atoms with Crippen LogP contribution in [0.3, 0.4) is 0 Å². The Labute approximate surface area is 157 Å². The molecule has 1 aromatic rings. The summed E-state index contributed by atoms with van der Waals surface area (Å²) in [7, 11) is 0. The van der Waals surface area contributed by atoms with E-state index in [1.54, 1.807) is 0 Å². The summed E-state index contributed by atoms with van der Waals surface area (Å²) in [6.07, 6.45) is 1.15. The Bertz CT molecular complexity index is 660. The van der Waals surface area contributed by atoms with Crippen LogP contribution in [0.4, 0.5) is 0 Å². The number of primary amides is 1. The number of carbonyl (C=O) groups excluding carboxylic acids is 3. The van der Waals surface area contributed by atoms with Crippen LogP contribution in [-0.4, -0.2) is 48.9 Å². The molecule has 0 spiro atoms. The first-order valence-electron chi connectivity index (χ1n) is 8.51. The van der Waals surface area contributed by atoms with E-state index in [2.05, 4.69) is 15.6 Å². The topological polar surface area (TPSA) is 192 Å². The average molecular weight is 377 g/mol. The maximum atomic E-state index is 12.0. The van der Waals surface area contributed by atoms with Crippen molar-refractivity contribution >= 4 is 23.7 Å². The van der Waals surface area contributed by atoms with Crippen LogP contribution in [0.2, 0.25) is 0 Å². The molecule has 0 aromatic heterocycles. The number of carbonyl (C=O) groups is 3. The number of nitrogens with one attached hydrogen (secondary N) is 2. The number of aliphatic imine (C=N–C) groups is 1. The van der Waals surface area contributed by atoms with E-state index in [-0.39, 0.29) is 18.9 Å². The second-order valence-corrected chi connectivity index (χ2v) is 5.99. The molecule has 2 unspecified atom stereocenters. The van der Waals surface area contributed by atoms with Gasteiger partial charge in [0.05, 0.1) is 12.6 Å². The van der Waals surface area contributed by atoms with Gasteiger partial charge in [-0.3, -0.25) is 19.4 Å². The minimum absolute atomic E-state index is 0.0239. The summed E-state index contributed by atoms with van der Waals surface area (Å²) in [5, 5.41) is 4.94. The fourth-order valence-corrected chi connectivity index (χ4v) is 2.27. The zero-order valence-corrected chi connectivity index (χ0v) is 15.1. The van der Waals surface area contributed by atoms with Crippen LogP contribution in [0.1, 0.15) is 18.4 Å². The Kier molecular flexibility index (Phi) is 9.30. The van der Waals surface area contributed by atoms with E-state index in [0.29, 0.717) is 19.4 Å². The summed E-state index contributed by atoms with van der Waals surface area (Å²) >= 11 is 0. The Hall–Kier alpha value is -3.14. The van der Waals surface area contributed by atoms with E-state index < -0.39 is 29.8 Å². The first-order valence-corrected chi connectivity index (χ1v) is 8.51. The second-order valence-electron chi connectivity index (χ2n) is 5.99. The van der Waals surface area contributed by atoms with Gasteiger partial charge >= 0.3 is 0 Å². The van der Waals surface area contributed by atoms with Gasteiger partial charge in [0.2, 0.25) is 17.7 Å². The van der Waals surface area contributed by atoms with Crippen molar-refractivity contribution in [1.29, 1.82) is 0 Å². The number of hydrogen-bond acceptors (Lipinski definition) is 5.